The van der Waals surface area contributed by atoms with Gasteiger partial charge in [-0.3, -0.25) is 9.59 Å². The van der Waals surface area contributed by atoms with Gasteiger partial charge in [-0.2, -0.15) is 0 Å². The molecular formula is C17H18FNO3S. The normalized spacial score (nSPS) is 13.4. The maximum atomic E-state index is 13.0. The van der Waals surface area contributed by atoms with E-state index in [4.69, 9.17) is 5.11 Å². The van der Waals surface area contributed by atoms with Crippen LogP contribution in [0.1, 0.15) is 29.1 Å². The van der Waals surface area contributed by atoms with Gasteiger partial charge in [-0.15, -0.1) is 11.3 Å². The average molecular weight is 335 g/mol. The molecule has 122 valence electrons. The van der Waals surface area contributed by atoms with Gasteiger partial charge < -0.3 is 10.4 Å². The van der Waals surface area contributed by atoms with Crippen LogP contribution < -0.4 is 5.32 Å². The third kappa shape index (κ3) is 3.96. The topological polar surface area (TPSA) is 66.4 Å². The lowest BCUT2D eigenvalue weighted by Gasteiger charge is -2.17. The summed E-state index contributed by atoms with van der Waals surface area (Å²) < 4.78 is 13.0. The summed E-state index contributed by atoms with van der Waals surface area (Å²) in [6.07, 6.45) is 0. The average Bonchev–Trinajstić information content (AvgIpc) is 2.89. The summed E-state index contributed by atoms with van der Waals surface area (Å²) in [5.41, 5.74) is 1.77. The number of carbonyl (C=O) groups is 2. The Morgan fingerprint density at radius 3 is 2.39 bits per heavy atom. The van der Waals surface area contributed by atoms with E-state index in [-0.39, 0.29) is 11.7 Å². The number of amides is 1. The van der Waals surface area contributed by atoms with Crippen LogP contribution in [-0.2, 0) is 4.79 Å². The minimum absolute atomic E-state index is 0.299. The van der Waals surface area contributed by atoms with Crippen molar-refractivity contribution in [1.29, 1.82) is 0 Å². The molecule has 23 heavy (non-hydrogen) atoms. The molecule has 1 heterocycles. The number of carboxylic acid groups (broad SMARTS) is 1. The Balaban J connectivity index is 2.18. The van der Waals surface area contributed by atoms with Crippen LogP contribution in [0.3, 0.4) is 0 Å². The number of hydrogen-bond donors (Lipinski definition) is 2. The van der Waals surface area contributed by atoms with Crippen LogP contribution in [0.15, 0.2) is 30.3 Å². The van der Waals surface area contributed by atoms with Crippen LogP contribution in [0.5, 0.6) is 0 Å². The number of carbonyl (C=O) groups excluding carboxylic acids is 1. The number of aryl methyl sites for hydroxylation is 1. The maximum absolute atomic E-state index is 13.0. The first kappa shape index (κ1) is 17.1. The summed E-state index contributed by atoms with van der Waals surface area (Å²) in [6, 6.07) is 7.39. The highest BCUT2D eigenvalue weighted by Crippen LogP contribution is 2.32. The van der Waals surface area contributed by atoms with E-state index in [1.165, 1.54) is 23.5 Å². The van der Waals surface area contributed by atoms with Crippen molar-refractivity contribution in [3.8, 4) is 10.4 Å². The van der Waals surface area contributed by atoms with Gasteiger partial charge >= 0.3 is 5.97 Å². The fourth-order valence-electron chi connectivity index (χ4n) is 2.10. The molecule has 2 rings (SSSR count). The summed E-state index contributed by atoms with van der Waals surface area (Å²) in [6.45, 7) is 5.10. The third-order valence-electron chi connectivity index (χ3n) is 3.75. The first-order chi connectivity index (χ1) is 10.8. The predicted molar refractivity (Wildman–Crippen MR) is 88.2 cm³/mol. The van der Waals surface area contributed by atoms with Crippen LogP contribution in [0.25, 0.3) is 10.4 Å². The van der Waals surface area contributed by atoms with Crippen LogP contribution in [-0.4, -0.2) is 23.0 Å². The summed E-state index contributed by atoms with van der Waals surface area (Å²) in [4.78, 5) is 24.6. The van der Waals surface area contributed by atoms with Crippen LogP contribution in [0, 0.1) is 18.7 Å². The van der Waals surface area contributed by atoms with Crippen molar-refractivity contribution in [2.24, 2.45) is 5.92 Å². The van der Waals surface area contributed by atoms with Crippen molar-refractivity contribution >= 4 is 23.2 Å². The molecule has 2 atom stereocenters. The molecule has 1 aromatic carbocycles. The SMILES string of the molecule is Cc1cc(C(=O)NC(C)C(C)C(=O)O)sc1-c1ccc(F)cc1. The molecule has 0 saturated carbocycles. The van der Waals surface area contributed by atoms with E-state index in [2.05, 4.69) is 5.32 Å². The number of aliphatic carboxylic acids is 1. The summed E-state index contributed by atoms with van der Waals surface area (Å²) >= 11 is 1.31. The zero-order valence-electron chi connectivity index (χ0n) is 13.1. The second kappa shape index (κ2) is 6.91. The lowest BCUT2D eigenvalue weighted by atomic mass is 10.0. The molecule has 0 saturated heterocycles. The minimum Gasteiger partial charge on any atom is -0.481 e. The molecule has 0 aliphatic heterocycles. The van der Waals surface area contributed by atoms with Gasteiger partial charge in [0, 0.05) is 10.9 Å². The number of halogens is 1. The fourth-order valence-corrected chi connectivity index (χ4v) is 3.18. The number of thiophene rings is 1. The minimum atomic E-state index is -0.952. The van der Waals surface area contributed by atoms with Gasteiger partial charge in [-0.05, 0) is 50.1 Å². The van der Waals surface area contributed by atoms with Crippen molar-refractivity contribution < 1.29 is 19.1 Å². The second-order valence-corrected chi connectivity index (χ2v) is 6.57. The van der Waals surface area contributed by atoms with Crippen LogP contribution in [0.4, 0.5) is 4.39 Å². The van der Waals surface area contributed by atoms with Crippen molar-refractivity contribution in [1.82, 2.24) is 5.32 Å². The van der Waals surface area contributed by atoms with E-state index in [1.54, 1.807) is 32.0 Å². The summed E-state index contributed by atoms with van der Waals surface area (Å²) in [5, 5.41) is 11.7. The number of rotatable bonds is 5. The van der Waals surface area contributed by atoms with Crippen molar-refractivity contribution in [2.45, 2.75) is 26.8 Å². The van der Waals surface area contributed by atoms with Gasteiger partial charge in [0.1, 0.15) is 5.82 Å². The molecule has 0 aliphatic carbocycles. The third-order valence-corrected chi connectivity index (χ3v) is 5.03. The molecule has 1 amide bonds. The first-order valence-electron chi connectivity index (χ1n) is 7.19. The van der Waals surface area contributed by atoms with Gasteiger partial charge in [0.05, 0.1) is 10.8 Å². The molecule has 6 heteroatoms. The van der Waals surface area contributed by atoms with Crippen molar-refractivity contribution in [2.75, 3.05) is 0 Å². The van der Waals surface area contributed by atoms with Gasteiger partial charge in [-0.1, -0.05) is 12.1 Å². The Kier molecular flexibility index (Phi) is 5.15. The summed E-state index contributed by atoms with van der Waals surface area (Å²) in [5.74, 6) is -2.23. The number of nitrogens with one attached hydrogen (secondary N) is 1. The standard InChI is InChI=1S/C17H18FNO3S/c1-9-8-14(16(20)19-11(3)10(2)17(21)22)23-15(9)12-4-6-13(18)7-5-12/h4-8,10-11H,1-3H3,(H,19,20)(H,21,22). The molecule has 0 radical (unpaired) electrons. The smallest absolute Gasteiger partial charge is 0.308 e. The van der Waals surface area contributed by atoms with E-state index in [9.17, 15) is 14.0 Å². The molecule has 2 N–H and O–H groups in total. The molecule has 2 aromatic rings. The molecule has 1 aromatic heterocycles. The monoisotopic (exact) mass is 335 g/mol. The van der Waals surface area contributed by atoms with E-state index in [0.29, 0.717) is 4.88 Å². The van der Waals surface area contributed by atoms with Gasteiger partial charge in [0.2, 0.25) is 0 Å². The van der Waals surface area contributed by atoms with Gasteiger partial charge in [-0.25, -0.2) is 4.39 Å². The lowest BCUT2D eigenvalue weighted by Crippen LogP contribution is -2.39. The molecule has 0 fully saturated rings. The Morgan fingerprint density at radius 2 is 1.83 bits per heavy atom. The zero-order valence-corrected chi connectivity index (χ0v) is 13.9. The zero-order chi connectivity index (χ0) is 17.1. The molecule has 2 unspecified atom stereocenters. The second-order valence-electron chi connectivity index (χ2n) is 5.52. The predicted octanol–water partition coefficient (Wildman–Crippen LogP) is 3.70. The van der Waals surface area contributed by atoms with E-state index in [1.807, 2.05) is 6.92 Å². The highest BCUT2D eigenvalue weighted by Gasteiger charge is 2.22. The van der Waals surface area contributed by atoms with E-state index in [0.717, 1.165) is 16.0 Å². The number of carboxylic acids is 1. The fraction of sp³-hybridized carbons (Fsp3) is 0.294. The number of benzene rings is 1. The van der Waals surface area contributed by atoms with E-state index >= 15 is 0 Å². The van der Waals surface area contributed by atoms with Crippen LogP contribution in [0.2, 0.25) is 0 Å². The Bertz CT molecular complexity index is 724. The molecule has 4 nitrogen and oxygen atoms in total. The lowest BCUT2D eigenvalue weighted by molar-refractivity contribution is -0.141. The Labute approximate surface area is 138 Å². The Morgan fingerprint density at radius 1 is 1.22 bits per heavy atom. The molecular weight excluding hydrogens is 317 g/mol. The van der Waals surface area contributed by atoms with Gasteiger partial charge in [0.25, 0.3) is 5.91 Å². The molecule has 0 bridgehead atoms. The molecule has 0 aliphatic rings. The quantitative estimate of drug-likeness (QED) is 0.875. The molecule has 0 spiro atoms. The summed E-state index contributed by atoms with van der Waals surface area (Å²) in [7, 11) is 0. The van der Waals surface area contributed by atoms with Gasteiger partial charge in [0.15, 0.2) is 0 Å². The highest BCUT2D eigenvalue weighted by atomic mass is 32.1. The van der Waals surface area contributed by atoms with E-state index < -0.39 is 17.9 Å². The van der Waals surface area contributed by atoms with Crippen LogP contribution >= 0.6 is 11.3 Å². The highest BCUT2D eigenvalue weighted by molar-refractivity contribution is 7.17. The first-order valence-corrected chi connectivity index (χ1v) is 8.01. The van der Waals surface area contributed by atoms with Crippen molar-refractivity contribution in [3.63, 3.8) is 0 Å². The largest absolute Gasteiger partial charge is 0.481 e. The number of hydrogen-bond acceptors (Lipinski definition) is 3. The maximum Gasteiger partial charge on any atom is 0.308 e. The van der Waals surface area contributed by atoms with Crippen molar-refractivity contribution in [3.05, 3.63) is 46.6 Å². The Hall–Kier alpha value is -2.21.